The van der Waals surface area contributed by atoms with Gasteiger partial charge in [-0.05, 0) is 35.9 Å². The van der Waals surface area contributed by atoms with Gasteiger partial charge in [-0.1, -0.05) is 29.8 Å². The third kappa shape index (κ3) is 3.86. The highest BCUT2D eigenvalue weighted by atomic mass is 35.5. The Morgan fingerprint density at radius 3 is 2.75 bits per heavy atom. The monoisotopic (exact) mass is 348 g/mol. The van der Waals surface area contributed by atoms with Crippen LogP contribution in [0.4, 0.5) is 4.39 Å². The van der Waals surface area contributed by atoms with Crippen molar-refractivity contribution >= 4 is 17.5 Å². The molecule has 4 nitrogen and oxygen atoms in total. The van der Waals surface area contributed by atoms with E-state index >= 15 is 0 Å². The number of piperazine rings is 1. The van der Waals surface area contributed by atoms with Crippen LogP contribution in [0.25, 0.3) is 0 Å². The van der Waals surface area contributed by atoms with Crippen LogP contribution in [0, 0.1) is 5.82 Å². The van der Waals surface area contributed by atoms with E-state index in [2.05, 4.69) is 5.32 Å². The molecular weight excluding hydrogens is 331 g/mol. The van der Waals surface area contributed by atoms with Gasteiger partial charge < -0.3 is 15.0 Å². The van der Waals surface area contributed by atoms with Crippen LogP contribution in [0.15, 0.2) is 48.5 Å². The van der Waals surface area contributed by atoms with Crippen LogP contribution in [-0.4, -0.2) is 37.0 Å². The highest BCUT2D eigenvalue weighted by Gasteiger charge is 2.29. The molecule has 6 heteroatoms. The Kier molecular flexibility index (Phi) is 5.33. The Balaban J connectivity index is 1.69. The lowest BCUT2D eigenvalue weighted by atomic mass is 10.0. The predicted octanol–water partition coefficient (Wildman–Crippen LogP) is 3.03. The predicted molar refractivity (Wildman–Crippen MR) is 90.7 cm³/mol. The summed E-state index contributed by atoms with van der Waals surface area (Å²) in [5.74, 6) is 0.00878. The van der Waals surface area contributed by atoms with Crippen molar-refractivity contribution in [1.29, 1.82) is 0 Å². The lowest BCUT2D eigenvalue weighted by molar-refractivity contribution is -0.136. The Bertz CT molecular complexity index is 708. The average molecular weight is 349 g/mol. The van der Waals surface area contributed by atoms with Crippen molar-refractivity contribution < 1.29 is 13.9 Å². The smallest absolute Gasteiger partial charge is 0.261 e. The maximum atomic E-state index is 12.9. The summed E-state index contributed by atoms with van der Waals surface area (Å²) in [6, 6.07) is 13.0. The lowest BCUT2D eigenvalue weighted by Gasteiger charge is -2.36. The summed E-state index contributed by atoms with van der Waals surface area (Å²) in [7, 11) is 0. The second-order valence-corrected chi connectivity index (χ2v) is 5.98. The maximum absolute atomic E-state index is 12.9. The third-order valence-electron chi connectivity index (χ3n) is 4.00. The largest absolute Gasteiger partial charge is 0.484 e. The first-order chi connectivity index (χ1) is 11.6. The summed E-state index contributed by atoms with van der Waals surface area (Å²) in [5, 5.41) is 3.93. The number of hydrogen-bond acceptors (Lipinski definition) is 3. The molecule has 1 N–H and O–H groups in total. The van der Waals surface area contributed by atoms with E-state index in [4.69, 9.17) is 16.3 Å². The van der Waals surface area contributed by atoms with Crippen LogP contribution in [0.2, 0.25) is 5.02 Å². The quantitative estimate of drug-likeness (QED) is 0.923. The van der Waals surface area contributed by atoms with E-state index in [0.29, 0.717) is 23.9 Å². The topological polar surface area (TPSA) is 41.6 Å². The molecule has 24 heavy (non-hydrogen) atoms. The van der Waals surface area contributed by atoms with Crippen LogP contribution in [0.3, 0.4) is 0 Å². The van der Waals surface area contributed by atoms with Gasteiger partial charge in [-0.25, -0.2) is 4.39 Å². The minimum absolute atomic E-state index is 0.0907. The first-order valence-electron chi connectivity index (χ1n) is 7.78. The molecule has 0 aromatic heterocycles. The van der Waals surface area contributed by atoms with Gasteiger partial charge in [0.15, 0.2) is 6.61 Å². The fraction of sp³-hybridized carbons (Fsp3) is 0.278. The number of nitrogens with zero attached hydrogens (tertiary/aromatic N) is 1. The highest BCUT2D eigenvalue weighted by molar-refractivity contribution is 6.31. The van der Waals surface area contributed by atoms with E-state index < -0.39 is 0 Å². The second kappa shape index (κ2) is 7.64. The number of carbonyl (C=O) groups is 1. The van der Waals surface area contributed by atoms with Gasteiger partial charge in [-0.3, -0.25) is 4.79 Å². The van der Waals surface area contributed by atoms with Gasteiger partial charge in [0.2, 0.25) is 0 Å². The van der Waals surface area contributed by atoms with Gasteiger partial charge in [0.25, 0.3) is 5.91 Å². The Morgan fingerprint density at radius 2 is 2.00 bits per heavy atom. The second-order valence-electron chi connectivity index (χ2n) is 5.57. The van der Waals surface area contributed by atoms with E-state index in [1.807, 2.05) is 24.3 Å². The van der Waals surface area contributed by atoms with Crippen LogP contribution in [0.1, 0.15) is 11.6 Å². The number of nitrogens with one attached hydrogen (secondary N) is 1. The summed E-state index contributed by atoms with van der Waals surface area (Å²) in [6.07, 6.45) is 0. The molecule has 0 bridgehead atoms. The van der Waals surface area contributed by atoms with E-state index in [9.17, 15) is 9.18 Å². The summed E-state index contributed by atoms with van der Waals surface area (Å²) in [4.78, 5) is 14.4. The summed E-state index contributed by atoms with van der Waals surface area (Å²) in [5.41, 5.74) is 0.918. The molecule has 0 spiro atoms. The van der Waals surface area contributed by atoms with Gasteiger partial charge in [-0.2, -0.15) is 0 Å². The van der Waals surface area contributed by atoms with E-state index in [0.717, 1.165) is 12.1 Å². The molecule has 1 saturated heterocycles. The van der Waals surface area contributed by atoms with Gasteiger partial charge in [0.1, 0.15) is 11.6 Å². The molecule has 0 aliphatic carbocycles. The van der Waals surface area contributed by atoms with E-state index in [1.54, 1.807) is 4.90 Å². The van der Waals surface area contributed by atoms with Gasteiger partial charge in [0.05, 0.1) is 6.04 Å². The van der Waals surface area contributed by atoms with Gasteiger partial charge in [-0.15, -0.1) is 0 Å². The molecule has 3 rings (SSSR count). The number of amides is 1. The third-order valence-corrected chi connectivity index (χ3v) is 4.35. The zero-order valence-electron chi connectivity index (χ0n) is 13.0. The molecule has 1 aliphatic heterocycles. The number of hydrogen-bond donors (Lipinski definition) is 1. The van der Waals surface area contributed by atoms with Crippen LogP contribution < -0.4 is 10.1 Å². The Labute approximate surface area is 145 Å². The molecule has 1 unspecified atom stereocenters. The lowest BCUT2D eigenvalue weighted by Crippen LogP contribution is -2.50. The molecule has 1 amide bonds. The fourth-order valence-electron chi connectivity index (χ4n) is 2.78. The van der Waals surface area contributed by atoms with Gasteiger partial charge in [0, 0.05) is 24.7 Å². The van der Waals surface area contributed by atoms with Crippen LogP contribution in [0.5, 0.6) is 5.75 Å². The van der Waals surface area contributed by atoms with E-state index in [-0.39, 0.29) is 24.4 Å². The fourth-order valence-corrected chi connectivity index (χ4v) is 3.05. The summed E-state index contributed by atoms with van der Waals surface area (Å²) < 4.78 is 18.4. The first kappa shape index (κ1) is 16.7. The number of ether oxygens (including phenoxy) is 1. The van der Waals surface area contributed by atoms with E-state index in [1.165, 1.54) is 24.3 Å². The molecule has 2 aromatic rings. The zero-order chi connectivity index (χ0) is 16.9. The molecule has 1 aliphatic rings. The molecule has 126 valence electrons. The SMILES string of the molecule is O=C(COc1ccc(F)cc1)N1CCNCC1c1ccccc1Cl. The molecule has 0 radical (unpaired) electrons. The first-order valence-corrected chi connectivity index (χ1v) is 8.16. The molecule has 0 saturated carbocycles. The minimum atomic E-state index is -0.338. The Morgan fingerprint density at radius 1 is 1.25 bits per heavy atom. The van der Waals surface area contributed by atoms with Crippen LogP contribution >= 0.6 is 11.6 Å². The van der Waals surface area contributed by atoms with Crippen molar-refractivity contribution in [1.82, 2.24) is 10.2 Å². The average Bonchev–Trinajstić information content (AvgIpc) is 2.61. The summed E-state index contributed by atoms with van der Waals surface area (Å²) >= 11 is 6.28. The van der Waals surface area contributed by atoms with Crippen molar-refractivity contribution in [2.24, 2.45) is 0 Å². The van der Waals surface area contributed by atoms with Crippen molar-refractivity contribution in [3.05, 3.63) is 64.9 Å². The summed E-state index contributed by atoms with van der Waals surface area (Å²) in [6.45, 7) is 1.86. The van der Waals surface area contributed by atoms with Crippen molar-refractivity contribution in [2.45, 2.75) is 6.04 Å². The van der Waals surface area contributed by atoms with Gasteiger partial charge >= 0.3 is 0 Å². The van der Waals surface area contributed by atoms with Crippen molar-refractivity contribution in [2.75, 3.05) is 26.2 Å². The van der Waals surface area contributed by atoms with Crippen LogP contribution in [-0.2, 0) is 4.79 Å². The number of benzene rings is 2. The molecular formula is C18H18ClFN2O2. The highest BCUT2D eigenvalue weighted by Crippen LogP contribution is 2.28. The maximum Gasteiger partial charge on any atom is 0.261 e. The standard InChI is InChI=1S/C18H18ClFN2O2/c19-16-4-2-1-3-15(16)17-11-21-9-10-22(17)18(23)12-24-14-7-5-13(20)6-8-14/h1-8,17,21H,9-12H2. The number of halogens is 2. The zero-order valence-corrected chi connectivity index (χ0v) is 13.8. The molecule has 1 heterocycles. The number of rotatable bonds is 4. The van der Waals surface area contributed by atoms with Crippen molar-refractivity contribution in [3.8, 4) is 5.75 Å². The Hall–Kier alpha value is -2.11. The minimum Gasteiger partial charge on any atom is -0.484 e. The molecule has 1 fully saturated rings. The number of carbonyl (C=O) groups excluding carboxylic acids is 1. The van der Waals surface area contributed by atoms with Crippen molar-refractivity contribution in [3.63, 3.8) is 0 Å². The normalized spacial score (nSPS) is 17.6. The molecule has 2 aromatic carbocycles. The molecule has 1 atom stereocenters.